The van der Waals surface area contributed by atoms with E-state index in [1.165, 1.54) is 5.56 Å². The zero-order chi connectivity index (χ0) is 11.3. The lowest BCUT2D eigenvalue weighted by Gasteiger charge is -2.18. The molecule has 0 aromatic heterocycles. The van der Waals surface area contributed by atoms with Crippen molar-refractivity contribution in [3.05, 3.63) is 33.3 Å². The summed E-state index contributed by atoms with van der Waals surface area (Å²) in [7, 11) is 1.70. The van der Waals surface area contributed by atoms with Gasteiger partial charge in [0.15, 0.2) is 0 Å². The van der Waals surface area contributed by atoms with Crippen LogP contribution >= 0.6 is 27.5 Å². The number of benzene rings is 1. The molecule has 0 bridgehead atoms. The Kier molecular flexibility index (Phi) is 5.61. The fraction of sp³-hybridized carbons (Fsp3) is 0.455. The highest BCUT2D eigenvalue weighted by Crippen LogP contribution is 2.26. The van der Waals surface area contributed by atoms with Crippen LogP contribution in [0.3, 0.4) is 0 Å². The van der Waals surface area contributed by atoms with Crippen molar-refractivity contribution in [2.45, 2.75) is 13.0 Å². The summed E-state index contributed by atoms with van der Waals surface area (Å²) in [5.41, 5.74) is 1.17. The molecule has 1 aromatic rings. The molecule has 0 aliphatic heterocycles. The summed E-state index contributed by atoms with van der Waals surface area (Å²) in [6.07, 6.45) is 0. The predicted octanol–water partition coefficient (Wildman–Crippen LogP) is 3.40. The van der Waals surface area contributed by atoms with E-state index in [-0.39, 0.29) is 6.04 Å². The number of halogens is 2. The minimum absolute atomic E-state index is 0.201. The molecule has 0 heterocycles. The van der Waals surface area contributed by atoms with Crippen molar-refractivity contribution in [1.29, 1.82) is 0 Å². The summed E-state index contributed by atoms with van der Waals surface area (Å²) in [4.78, 5) is 0. The Balaban J connectivity index is 2.89. The van der Waals surface area contributed by atoms with Gasteiger partial charge in [-0.1, -0.05) is 40.5 Å². The minimum Gasteiger partial charge on any atom is -0.383 e. The van der Waals surface area contributed by atoms with Crippen LogP contribution in [-0.2, 0) is 4.74 Å². The third kappa shape index (κ3) is 3.76. The third-order valence-electron chi connectivity index (χ3n) is 2.12. The molecule has 0 radical (unpaired) electrons. The Morgan fingerprint density at radius 3 is 2.80 bits per heavy atom. The Labute approximate surface area is 104 Å². The number of hydrogen-bond acceptors (Lipinski definition) is 2. The molecule has 2 nitrogen and oxygen atoms in total. The monoisotopic (exact) mass is 291 g/mol. The highest BCUT2D eigenvalue weighted by molar-refractivity contribution is 9.10. The Bertz CT molecular complexity index is 313. The Morgan fingerprint density at radius 1 is 1.53 bits per heavy atom. The van der Waals surface area contributed by atoms with E-state index >= 15 is 0 Å². The van der Waals surface area contributed by atoms with E-state index in [1.54, 1.807) is 7.11 Å². The number of hydrogen-bond donors (Lipinski definition) is 1. The first kappa shape index (κ1) is 13.0. The van der Waals surface area contributed by atoms with E-state index in [4.69, 9.17) is 16.3 Å². The van der Waals surface area contributed by atoms with Crippen LogP contribution in [0.15, 0.2) is 22.7 Å². The van der Waals surface area contributed by atoms with E-state index in [9.17, 15) is 0 Å². The first-order valence-corrected chi connectivity index (χ1v) is 6.03. The van der Waals surface area contributed by atoms with Crippen LogP contribution < -0.4 is 5.32 Å². The zero-order valence-electron chi connectivity index (χ0n) is 8.89. The molecule has 1 atom stereocenters. The molecule has 15 heavy (non-hydrogen) atoms. The summed E-state index contributed by atoms with van der Waals surface area (Å²) in [5.74, 6) is 0. The molecule has 4 heteroatoms. The average Bonchev–Trinajstić information content (AvgIpc) is 2.17. The van der Waals surface area contributed by atoms with Crippen molar-refractivity contribution in [2.24, 2.45) is 0 Å². The van der Waals surface area contributed by atoms with Gasteiger partial charge in [0, 0.05) is 16.6 Å². The molecule has 1 N–H and O–H groups in total. The predicted molar refractivity (Wildman–Crippen MR) is 67.4 cm³/mol. The lowest BCUT2D eigenvalue weighted by Crippen LogP contribution is -2.25. The highest BCUT2D eigenvalue weighted by Gasteiger charge is 2.13. The van der Waals surface area contributed by atoms with Gasteiger partial charge < -0.3 is 10.1 Å². The second-order valence-electron chi connectivity index (χ2n) is 3.23. The maximum Gasteiger partial charge on any atom is 0.0658 e. The zero-order valence-corrected chi connectivity index (χ0v) is 11.2. The Hall–Kier alpha value is -0.0900. The van der Waals surface area contributed by atoms with Gasteiger partial charge in [-0.05, 0) is 24.2 Å². The van der Waals surface area contributed by atoms with Crippen LogP contribution in [0.25, 0.3) is 0 Å². The minimum atomic E-state index is 0.201. The second-order valence-corrected chi connectivity index (χ2v) is 4.52. The molecule has 0 saturated carbocycles. The van der Waals surface area contributed by atoms with Gasteiger partial charge in [-0.15, -0.1) is 0 Å². The Morgan fingerprint density at radius 2 is 2.27 bits per heavy atom. The van der Waals surface area contributed by atoms with Gasteiger partial charge in [0.2, 0.25) is 0 Å². The van der Waals surface area contributed by atoms with Gasteiger partial charge in [0.05, 0.1) is 12.6 Å². The molecule has 1 unspecified atom stereocenters. The molecule has 0 amide bonds. The van der Waals surface area contributed by atoms with E-state index in [2.05, 4.69) is 28.2 Å². The smallest absolute Gasteiger partial charge is 0.0658 e. The molecular weight excluding hydrogens is 277 g/mol. The number of likely N-dealkylation sites (N-methyl/N-ethyl adjacent to an activating group) is 1. The van der Waals surface area contributed by atoms with Crippen LogP contribution in [0.1, 0.15) is 18.5 Å². The summed E-state index contributed by atoms with van der Waals surface area (Å²) < 4.78 is 6.19. The summed E-state index contributed by atoms with van der Waals surface area (Å²) in [5, 5.41) is 4.10. The van der Waals surface area contributed by atoms with Gasteiger partial charge in [-0.25, -0.2) is 0 Å². The number of rotatable bonds is 5. The maximum absolute atomic E-state index is 5.89. The van der Waals surface area contributed by atoms with Gasteiger partial charge in [0.1, 0.15) is 0 Å². The molecule has 1 rings (SSSR count). The summed E-state index contributed by atoms with van der Waals surface area (Å²) >= 11 is 9.40. The van der Waals surface area contributed by atoms with E-state index in [0.29, 0.717) is 6.61 Å². The largest absolute Gasteiger partial charge is 0.383 e. The molecule has 0 saturated heterocycles. The molecular formula is C11H15BrClNO. The van der Waals surface area contributed by atoms with Crippen molar-refractivity contribution >= 4 is 27.5 Å². The highest BCUT2D eigenvalue weighted by atomic mass is 79.9. The standard InChI is InChI=1S/C11H15BrClNO/c1-3-14-11(7-15-2)9-5-4-8(13)6-10(9)12/h4-6,11,14H,3,7H2,1-2H3. The van der Waals surface area contributed by atoms with Crippen LogP contribution in [0.4, 0.5) is 0 Å². The molecule has 1 aromatic carbocycles. The number of ether oxygens (including phenoxy) is 1. The van der Waals surface area contributed by atoms with E-state index in [1.807, 2.05) is 18.2 Å². The first-order chi connectivity index (χ1) is 7.19. The average molecular weight is 293 g/mol. The van der Waals surface area contributed by atoms with Gasteiger partial charge >= 0.3 is 0 Å². The number of nitrogens with one attached hydrogen (secondary N) is 1. The molecule has 0 aliphatic rings. The molecule has 0 aliphatic carbocycles. The molecule has 0 fully saturated rings. The fourth-order valence-electron chi connectivity index (χ4n) is 1.46. The van der Waals surface area contributed by atoms with E-state index in [0.717, 1.165) is 16.0 Å². The van der Waals surface area contributed by atoms with Crippen molar-refractivity contribution in [3.8, 4) is 0 Å². The topological polar surface area (TPSA) is 21.3 Å². The fourth-order valence-corrected chi connectivity index (χ4v) is 2.41. The summed E-state index contributed by atoms with van der Waals surface area (Å²) in [6.45, 7) is 3.63. The third-order valence-corrected chi connectivity index (χ3v) is 3.04. The van der Waals surface area contributed by atoms with Crippen molar-refractivity contribution in [1.82, 2.24) is 5.32 Å². The van der Waals surface area contributed by atoms with Crippen molar-refractivity contribution in [3.63, 3.8) is 0 Å². The van der Waals surface area contributed by atoms with Crippen molar-refractivity contribution < 1.29 is 4.74 Å². The SMILES string of the molecule is CCNC(COC)c1ccc(Cl)cc1Br. The van der Waals surface area contributed by atoms with Crippen LogP contribution in [0.5, 0.6) is 0 Å². The molecule has 0 spiro atoms. The van der Waals surface area contributed by atoms with Gasteiger partial charge in [0.25, 0.3) is 0 Å². The van der Waals surface area contributed by atoms with E-state index < -0.39 is 0 Å². The maximum atomic E-state index is 5.89. The van der Waals surface area contributed by atoms with Gasteiger partial charge in [-0.2, -0.15) is 0 Å². The lowest BCUT2D eigenvalue weighted by atomic mass is 10.1. The first-order valence-electron chi connectivity index (χ1n) is 4.86. The van der Waals surface area contributed by atoms with Gasteiger partial charge in [-0.3, -0.25) is 0 Å². The normalized spacial score (nSPS) is 12.8. The van der Waals surface area contributed by atoms with Crippen LogP contribution in [0.2, 0.25) is 5.02 Å². The lowest BCUT2D eigenvalue weighted by molar-refractivity contribution is 0.167. The molecule has 84 valence electrons. The number of methoxy groups -OCH3 is 1. The second kappa shape index (κ2) is 6.48. The van der Waals surface area contributed by atoms with Crippen LogP contribution in [-0.4, -0.2) is 20.3 Å². The quantitative estimate of drug-likeness (QED) is 0.898. The summed E-state index contributed by atoms with van der Waals surface area (Å²) in [6, 6.07) is 6.00. The van der Waals surface area contributed by atoms with Crippen LogP contribution in [0, 0.1) is 0 Å². The van der Waals surface area contributed by atoms with Crippen molar-refractivity contribution in [2.75, 3.05) is 20.3 Å².